The zero-order valence-electron chi connectivity index (χ0n) is 16.3. The lowest BCUT2D eigenvalue weighted by Gasteiger charge is -2.26. The topological polar surface area (TPSA) is 133 Å². The number of anilines is 2. The van der Waals surface area contributed by atoms with Crippen LogP contribution in [0.25, 0.3) is 0 Å². The molecule has 29 heavy (non-hydrogen) atoms. The largest absolute Gasteiger partial charge is 0.481 e. The number of hydrogen-bond acceptors (Lipinski definition) is 9. The van der Waals surface area contributed by atoms with Crippen molar-refractivity contribution in [3.63, 3.8) is 0 Å². The zero-order chi connectivity index (χ0) is 20.0. The van der Waals surface area contributed by atoms with Crippen molar-refractivity contribution in [1.29, 1.82) is 0 Å². The van der Waals surface area contributed by atoms with Gasteiger partial charge in [0.05, 0.1) is 32.3 Å². The van der Waals surface area contributed by atoms with E-state index < -0.39 is 5.41 Å². The maximum Gasteiger partial charge on any atom is 0.231 e. The summed E-state index contributed by atoms with van der Waals surface area (Å²) in [6.45, 7) is 3.37. The van der Waals surface area contributed by atoms with Crippen molar-refractivity contribution in [1.82, 2.24) is 30.0 Å². The van der Waals surface area contributed by atoms with E-state index in [0.29, 0.717) is 44.5 Å². The van der Waals surface area contributed by atoms with Gasteiger partial charge in [-0.1, -0.05) is 0 Å². The van der Waals surface area contributed by atoms with Gasteiger partial charge in [0.15, 0.2) is 5.82 Å². The van der Waals surface area contributed by atoms with Gasteiger partial charge in [-0.15, -0.1) is 10.2 Å². The molecule has 0 aliphatic carbocycles. The molecule has 5 rings (SSSR count). The highest BCUT2D eigenvalue weighted by molar-refractivity contribution is 5.85. The number of nitrogens with one attached hydrogen (secondary N) is 1. The Morgan fingerprint density at radius 1 is 1.45 bits per heavy atom. The summed E-state index contributed by atoms with van der Waals surface area (Å²) in [5.41, 5.74) is 5.19. The molecular formula is C18H24N8O3. The number of aryl methyl sites for hydroxylation is 1. The molecule has 0 aromatic carbocycles. The second-order valence-electron chi connectivity index (χ2n) is 7.85. The van der Waals surface area contributed by atoms with Gasteiger partial charge in [0.25, 0.3) is 0 Å². The SMILES string of the molecule is COc1cc(N2C[C@H]3COC[C@@]3(C(=O)NCc3nnc4n3CCC4)C2)nc(N)n1. The van der Waals surface area contributed by atoms with Gasteiger partial charge < -0.3 is 30.0 Å². The molecule has 2 fully saturated rings. The van der Waals surface area contributed by atoms with Crippen LogP contribution in [-0.2, 0) is 29.0 Å². The van der Waals surface area contributed by atoms with Gasteiger partial charge >= 0.3 is 0 Å². The summed E-state index contributed by atoms with van der Waals surface area (Å²) in [6, 6.07) is 1.74. The van der Waals surface area contributed by atoms with Crippen LogP contribution in [0, 0.1) is 11.3 Å². The smallest absolute Gasteiger partial charge is 0.231 e. The molecule has 11 heteroatoms. The molecule has 11 nitrogen and oxygen atoms in total. The highest BCUT2D eigenvalue weighted by Crippen LogP contribution is 2.43. The number of rotatable bonds is 5. The maximum absolute atomic E-state index is 13.3. The van der Waals surface area contributed by atoms with Crippen molar-refractivity contribution < 1.29 is 14.3 Å². The number of nitrogen functional groups attached to an aromatic ring is 1. The molecule has 2 saturated heterocycles. The summed E-state index contributed by atoms with van der Waals surface area (Å²) in [4.78, 5) is 23.7. The minimum Gasteiger partial charge on any atom is -0.481 e. The summed E-state index contributed by atoms with van der Waals surface area (Å²) < 4.78 is 13.0. The van der Waals surface area contributed by atoms with E-state index in [-0.39, 0.29) is 17.8 Å². The van der Waals surface area contributed by atoms with Crippen molar-refractivity contribution in [2.75, 3.05) is 44.0 Å². The van der Waals surface area contributed by atoms with E-state index in [1.807, 2.05) is 0 Å². The predicted molar refractivity (Wildman–Crippen MR) is 102 cm³/mol. The maximum atomic E-state index is 13.3. The van der Waals surface area contributed by atoms with E-state index in [2.05, 4.69) is 34.9 Å². The third-order valence-corrected chi connectivity index (χ3v) is 6.16. The number of ether oxygens (including phenoxy) is 2. The number of amides is 1. The highest BCUT2D eigenvalue weighted by Gasteiger charge is 2.56. The van der Waals surface area contributed by atoms with Crippen molar-refractivity contribution in [3.05, 3.63) is 17.7 Å². The molecule has 3 aliphatic rings. The summed E-state index contributed by atoms with van der Waals surface area (Å²) in [7, 11) is 1.54. The van der Waals surface area contributed by atoms with Crippen molar-refractivity contribution >= 4 is 17.7 Å². The normalized spacial score (nSPS) is 25.1. The standard InChI is InChI=1S/C18H24N8O3/c1-28-15-5-13(21-17(19)22-15)25-7-11-8-29-10-18(11,9-25)16(27)20-6-14-24-23-12-3-2-4-26(12)14/h5,11H,2-4,6-10H2,1H3,(H,20,27)(H2,19,21,22)/t11-,18-/m0/s1. The number of carbonyl (C=O) groups is 1. The molecule has 2 aromatic rings. The second-order valence-corrected chi connectivity index (χ2v) is 7.85. The molecule has 154 valence electrons. The predicted octanol–water partition coefficient (Wildman–Crippen LogP) is -0.626. The Hall–Kier alpha value is -2.95. The summed E-state index contributed by atoms with van der Waals surface area (Å²) >= 11 is 0. The minimum atomic E-state index is -0.624. The number of fused-ring (bicyclic) bond motifs is 2. The van der Waals surface area contributed by atoms with Crippen molar-refractivity contribution in [3.8, 4) is 5.88 Å². The number of nitrogens with zero attached hydrogens (tertiary/aromatic N) is 6. The minimum absolute atomic E-state index is 0.0214. The van der Waals surface area contributed by atoms with E-state index in [1.54, 1.807) is 6.07 Å². The first kappa shape index (κ1) is 18.1. The first-order valence-corrected chi connectivity index (χ1v) is 9.79. The fourth-order valence-corrected chi connectivity index (χ4v) is 4.61. The van der Waals surface area contributed by atoms with Gasteiger partial charge in [-0.25, -0.2) is 0 Å². The van der Waals surface area contributed by atoms with Crippen LogP contribution in [0.2, 0.25) is 0 Å². The molecule has 3 N–H and O–H groups in total. The molecule has 0 radical (unpaired) electrons. The fraction of sp³-hybridized carbons (Fsp3) is 0.611. The monoisotopic (exact) mass is 400 g/mol. The van der Waals surface area contributed by atoms with E-state index in [1.165, 1.54) is 7.11 Å². The number of carbonyl (C=O) groups excluding carboxylic acids is 1. The van der Waals surface area contributed by atoms with Crippen LogP contribution in [0.1, 0.15) is 18.1 Å². The number of aromatic nitrogens is 5. The lowest BCUT2D eigenvalue weighted by Crippen LogP contribution is -2.46. The molecule has 2 atom stereocenters. The quantitative estimate of drug-likeness (QED) is 0.673. The first-order chi connectivity index (χ1) is 14.1. The Bertz CT molecular complexity index is 947. The summed E-state index contributed by atoms with van der Waals surface area (Å²) in [5.74, 6) is 3.07. The molecule has 1 amide bonds. The number of hydrogen-bond donors (Lipinski definition) is 2. The van der Waals surface area contributed by atoms with Crippen LogP contribution >= 0.6 is 0 Å². The Balaban J connectivity index is 1.33. The molecule has 0 saturated carbocycles. The molecule has 0 bridgehead atoms. The van der Waals surface area contributed by atoms with Crippen molar-refractivity contribution in [2.45, 2.75) is 25.9 Å². The van der Waals surface area contributed by atoms with Gasteiger partial charge in [0.1, 0.15) is 11.6 Å². The van der Waals surface area contributed by atoms with E-state index >= 15 is 0 Å². The van der Waals surface area contributed by atoms with Gasteiger partial charge in [0, 0.05) is 38.0 Å². The zero-order valence-corrected chi connectivity index (χ0v) is 16.3. The lowest BCUT2D eigenvalue weighted by atomic mass is 9.80. The third-order valence-electron chi connectivity index (χ3n) is 6.16. The van der Waals surface area contributed by atoms with Gasteiger partial charge in [-0.3, -0.25) is 4.79 Å². The average Bonchev–Trinajstić information content (AvgIpc) is 3.45. The van der Waals surface area contributed by atoms with Gasteiger partial charge in [-0.05, 0) is 6.42 Å². The molecule has 0 unspecified atom stereocenters. The Morgan fingerprint density at radius 3 is 3.21 bits per heavy atom. The van der Waals surface area contributed by atoms with E-state index in [9.17, 15) is 4.79 Å². The first-order valence-electron chi connectivity index (χ1n) is 9.79. The summed E-state index contributed by atoms with van der Waals surface area (Å²) in [6.07, 6.45) is 2.02. The molecular weight excluding hydrogens is 376 g/mol. The van der Waals surface area contributed by atoms with Crippen LogP contribution in [0.5, 0.6) is 5.88 Å². The van der Waals surface area contributed by atoms with Crippen LogP contribution in [-0.4, -0.2) is 64.1 Å². The Kier molecular flexibility index (Phi) is 4.26. The number of methoxy groups -OCH3 is 1. The average molecular weight is 400 g/mol. The van der Waals surface area contributed by atoms with Crippen molar-refractivity contribution in [2.24, 2.45) is 11.3 Å². The molecule has 0 spiro atoms. The molecule has 5 heterocycles. The van der Waals surface area contributed by atoms with Crippen LogP contribution < -0.4 is 20.7 Å². The van der Waals surface area contributed by atoms with Gasteiger partial charge in [-0.2, -0.15) is 9.97 Å². The van der Waals surface area contributed by atoms with E-state index in [0.717, 1.165) is 31.0 Å². The second kappa shape index (κ2) is 6.83. The number of nitrogens with two attached hydrogens (primary N) is 1. The van der Waals surface area contributed by atoms with Crippen LogP contribution in [0.4, 0.5) is 11.8 Å². The Morgan fingerprint density at radius 2 is 2.34 bits per heavy atom. The van der Waals surface area contributed by atoms with Crippen LogP contribution in [0.15, 0.2) is 6.07 Å². The summed E-state index contributed by atoms with van der Waals surface area (Å²) in [5, 5.41) is 11.5. The molecule has 3 aliphatic heterocycles. The van der Waals surface area contributed by atoms with E-state index in [4.69, 9.17) is 15.2 Å². The highest BCUT2D eigenvalue weighted by atomic mass is 16.5. The molecule has 2 aromatic heterocycles. The Labute approximate surface area is 167 Å². The fourth-order valence-electron chi connectivity index (χ4n) is 4.61. The van der Waals surface area contributed by atoms with Gasteiger partial charge in [0.2, 0.25) is 17.7 Å². The van der Waals surface area contributed by atoms with Crippen LogP contribution in [0.3, 0.4) is 0 Å². The third kappa shape index (κ3) is 2.96. The lowest BCUT2D eigenvalue weighted by molar-refractivity contribution is -0.131.